The molecule has 2 N–H and O–H groups in total. The topological polar surface area (TPSA) is 94.6 Å². The van der Waals surface area contributed by atoms with E-state index in [9.17, 15) is 14.7 Å². The number of carbonyl (C=O) groups is 2. The molecule has 9 nitrogen and oxygen atoms in total. The van der Waals surface area contributed by atoms with E-state index >= 15 is 0 Å². The van der Waals surface area contributed by atoms with Crippen LogP contribution in [0, 0.1) is 0 Å². The first-order chi connectivity index (χ1) is 14.1. The smallest absolute Gasteiger partial charge is 0.414 e. The molecule has 0 bridgehead atoms. The van der Waals surface area contributed by atoms with Crippen LogP contribution in [0.15, 0.2) is 24.3 Å². The van der Waals surface area contributed by atoms with Crippen molar-refractivity contribution < 1.29 is 24.2 Å². The molecular weight excluding hydrogens is 396 g/mol. The van der Waals surface area contributed by atoms with Crippen LogP contribution in [0.3, 0.4) is 0 Å². The molecule has 3 heterocycles. The minimum atomic E-state index is -0.412. The van der Waals surface area contributed by atoms with Crippen LogP contribution in [0.2, 0.25) is 0 Å². The molecule has 0 spiro atoms. The predicted molar refractivity (Wildman–Crippen MR) is 110 cm³/mol. The molecule has 4 rings (SSSR count). The molecule has 2 amide bonds. The Kier molecular flexibility index (Phi) is 5.72. The summed E-state index contributed by atoms with van der Waals surface area (Å²) >= 11 is 5.43. The number of nitrogens with zero attached hydrogens (tertiary/aromatic N) is 3. The van der Waals surface area contributed by atoms with Crippen molar-refractivity contribution >= 4 is 40.9 Å². The second-order valence-electron chi connectivity index (χ2n) is 7.26. The maximum absolute atomic E-state index is 12.3. The minimum Gasteiger partial charge on any atom is -0.447 e. The maximum atomic E-state index is 12.3. The second kappa shape index (κ2) is 8.42. The highest BCUT2D eigenvalue weighted by Gasteiger charge is 2.33. The van der Waals surface area contributed by atoms with Crippen molar-refractivity contribution in [3.05, 3.63) is 24.3 Å². The molecule has 10 heteroatoms. The number of rotatable bonds is 5. The van der Waals surface area contributed by atoms with Crippen molar-refractivity contribution in [2.24, 2.45) is 0 Å². The highest BCUT2D eigenvalue weighted by molar-refractivity contribution is 7.80. The Balaban J connectivity index is 1.32. The van der Waals surface area contributed by atoms with E-state index in [4.69, 9.17) is 21.7 Å². The standard InChI is InChI=1S/C19H24N4O5S/c24-12-15-2-1-7-21(15)17(29)20-10-16-11-23(19(26)28-16)14-5-3-13(4-6-14)22-8-9-27-18(22)25/h3-6,15-16,24H,1-2,7-12H2,(H,20,29)/t15?,16-/m0/s1. The number of hydrogen-bond donors (Lipinski definition) is 2. The average molecular weight is 420 g/mol. The van der Waals surface area contributed by atoms with Crippen LogP contribution in [-0.2, 0) is 9.47 Å². The summed E-state index contributed by atoms with van der Waals surface area (Å²) in [5.74, 6) is 0. The molecule has 3 saturated heterocycles. The van der Waals surface area contributed by atoms with E-state index in [2.05, 4.69) is 5.32 Å². The molecule has 0 saturated carbocycles. The van der Waals surface area contributed by atoms with Gasteiger partial charge in [0.25, 0.3) is 0 Å². The normalized spacial score (nSPS) is 24.1. The van der Waals surface area contributed by atoms with Gasteiger partial charge in [-0.3, -0.25) is 9.80 Å². The summed E-state index contributed by atoms with van der Waals surface area (Å²) < 4.78 is 10.4. The number of benzene rings is 1. The second-order valence-corrected chi connectivity index (χ2v) is 7.64. The number of cyclic esters (lactones) is 2. The van der Waals surface area contributed by atoms with Crippen LogP contribution in [0.25, 0.3) is 0 Å². The number of thiocarbonyl (C=S) groups is 1. The third-order valence-corrected chi connectivity index (χ3v) is 5.82. The van der Waals surface area contributed by atoms with Crippen LogP contribution in [0.4, 0.5) is 21.0 Å². The van der Waals surface area contributed by atoms with Gasteiger partial charge in [-0.1, -0.05) is 0 Å². The number of ether oxygens (including phenoxy) is 2. The van der Waals surface area contributed by atoms with Gasteiger partial charge in [-0.05, 0) is 49.3 Å². The van der Waals surface area contributed by atoms with Crippen molar-refractivity contribution in [2.45, 2.75) is 25.0 Å². The van der Waals surface area contributed by atoms with Crippen LogP contribution in [-0.4, -0.2) is 78.8 Å². The van der Waals surface area contributed by atoms with Gasteiger partial charge >= 0.3 is 12.2 Å². The summed E-state index contributed by atoms with van der Waals surface area (Å²) in [5.41, 5.74) is 1.44. The van der Waals surface area contributed by atoms with E-state index in [1.165, 1.54) is 0 Å². The van der Waals surface area contributed by atoms with E-state index in [1.807, 2.05) is 4.90 Å². The molecule has 1 aromatic carbocycles. The lowest BCUT2D eigenvalue weighted by atomic mass is 10.2. The first-order valence-corrected chi connectivity index (χ1v) is 10.2. The van der Waals surface area contributed by atoms with Crippen molar-refractivity contribution in [3.8, 4) is 0 Å². The summed E-state index contributed by atoms with van der Waals surface area (Å²) in [6.07, 6.45) is 0.830. The number of likely N-dealkylation sites (tertiary alicyclic amines) is 1. The third kappa shape index (κ3) is 4.08. The summed E-state index contributed by atoms with van der Waals surface area (Å²) in [6.45, 7) is 2.62. The van der Waals surface area contributed by atoms with E-state index in [0.29, 0.717) is 37.0 Å². The Morgan fingerprint density at radius 3 is 2.52 bits per heavy atom. The predicted octanol–water partition coefficient (Wildman–Crippen LogP) is 1.30. The Morgan fingerprint density at radius 1 is 1.14 bits per heavy atom. The Labute approximate surface area is 174 Å². The Hall–Kier alpha value is -2.59. The average Bonchev–Trinajstić information content (AvgIpc) is 3.46. The molecule has 29 heavy (non-hydrogen) atoms. The van der Waals surface area contributed by atoms with Crippen molar-refractivity contribution in [1.29, 1.82) is 0 Å². The minimum absolute atomic E-state index is 0.0593. The van der Waals surface area contributed by atoms with Crippen molar-refractivity contribution in [1.82, 2.24) is 10.2 Å². The SMILES string of the molecule is O=C1OCCN1c1ccc(N2C[C@H](CNC(=S)N3CCCC3CO)OC2=O)cc1. The molecular formula is C19H24N4O5S. The number of aliphatic hydroxyl groups excluding tert-OH is 1. The summed E-state index contributed by atoms with van der Waals surface area (Å²) in [6, 6.07) is 7.22. The molecule has 0 radical (unpaired) electrons. The fourth-order valence-electron chi connectivity index (χ4n) is 3.87. The third-order valence-electron chi connectivity index (χ3n) is 5.44. The fraction of sp³-hybridized carbons (Fsp3) is 0.526. The number of nitrogens with one attached hydrogen (secondary N) is 1. The molecule has 3 fully saturated rings. The van der Waals surface area contributed by atoms with Crippen LogP contribution in [0.5, 0.6) is 0 Å². The van der Waals surface area contributed by atoms with Gasteiger partial charge in [0.15, 0.2) is 5.11 Å². The molecule has 1 unspecified atom stereocenters. The van der Waals surface area contributed by atoms with Crippen LogP contribution < -0.4 is 15.1 Å². The molecule has 156 valence electrons. The van der Waals surface area contributed by atoms with Gasteiger partial charge in [-0.25, -0.2) is 9.59 Å². The number of anilines is 2. The van der Waals surface area contributed by atoms with Gasteiger partial charge in [0, 0.05) is 17.9 Å². The molecule has 2 atom stereocenters. The lowest BCUT2D eigenvalue weighted by molar-refractivity contribution is 0.142. The molecule has 0 aliphatic carbocycles. The quantitative estimate of drug-likeness (QED) is 0.689. The van der Waals surface area contributed by atoms with Crippen LogP contribution >= 0.6 is 12.2 Å². The van der Waals surface area contributed by atoms with Gasteiger partial charge in [0.1, 0.15) is 12.7 Å². The van der Waals surface area contributed by atoms with Gasteiger partial charge in [0.05, 0.1) is 32.3 Å². The number of amides is 2. The van der Waals surface area contributed by atoms with E-state index < -0.39 is 6.09 Å². The Bertz CT molecular complexity index is 789. The van der Waals surface area contributed by atoms with E-state index in [0.717, 1.165) is 25.1 Å². The summed E-state index contributed by atoms with van der Waals surface area (Å²) in [4.78, 5) is 29.1. The van der Waals surface area contributed by atoms with E-state index in [1.54, 1.807) is 34.1 Å². The summed E-state index contributed by atoms with van der Waals surface area (Å²) in [7, 11) is 0. The number of aliphatic hydroxyl groups is 1. The maximum Gasteiger partial charge on any atom is 0.414 e. The zero-order valence-corrected chi connectivity index (χ0v) is 16.8. The number of carbonyl (C=O) groups excluding carboxylic acids is 2. The van der Waals surface area contributed by atoms with Crippen LogP contribution in [0.1, 0.15) is 12.8 Å². The lowest BCUT2D eigenvalue weighted by Gasteiger charge is -2.26. The molecule has 1 aromatic rings. The lowest BCUT2D eigenvalue weighted by Crippen LogP contribution is -2.46. The highest BCUT2D eigenvalue weighted by atomic mass is 32.1. The molecule has 0 aromatic heterocycles. The van der Waals surface area contributed by atoms with E-state index in [-0.39, 0.29) is 24.8 Å². The number of hydrogen-bond acceptors (Lipinski definition) is 6. The fourth-order valence-corrected chi connectivity index (χ4v) is 4.20. The van der Waals surface area contributed by atoms with Crippen molar-refractivity contribution in [3.63, 3.8) is 0 Å². The molecule has 3 aliphatic rings. The van der Waals surface area contributed by atoms with Gasteiger partial charge in [-0.2, -0.15) is 0 Å². The van der Waals surface area contributed by atoms with Gasteiger partial charge in [0.2, 0.25) is 0 Å². The summed E-state index contributed by atoms with van der Waals surface area (Å²) in [5, 5.41) is 13.2. The highest BCUT2D eigenvalue weighted by Crippen LogP contribution is 2.26. The monoisotopic (exact) mass is 420 g/mol. The van der Waals surface area contributed by atoms with Gasteiger partial charge in [-0.15, -0.1) is 0 Å². The van der Waals surface area contributed by atoms with Crippen molar-refractivity contribution in [2.75, 3.05) is 49.2 Å². The first-order valence-electron chi connectivity index (χ1n) is 9.74. The molecule has 3 aliphatic heterocycles. The van der Waals surface area contributed by atoms with Gasteiger partial charge < -0.3 is 24.8 Å². The largest absolute Gasteiger partial charge is 0.447 e. The zero-order valence-electron chi connectivity index (χ0n) is 16.0. The first kappa shape index (κ1) is 19.7. The zero-order chi connectivity index (χ0) is 20.4. The Morgan fingerprint density at radius 2 is 1.86 bits per heavy atom.